The summed E-state index contributed by atoms with van der Waals surface area (Å²) in [4.78, 5) is 2.27. The zero-order chi connectivity index (χ0) is 16.1. The van der Waals surface area contributed by atoms with Crippen molar-refractivity contribution in [2.45, 2.75) is 38.0 Å². The molecule has 1 saturated heterocycles. The first-order valence-electron chi connectivity index (χ1n) is 7.91. The maximum absolute atomic E-state index is 10.8. The molecular formula is C17H21N5O. The lowest BCUT2D eigenvalue weighted by molar-refractivity contribution is 0.0274. The first kappa shape index (κ1) is 15.7. The highest BCUT2D eigenvalue weighted by Gasteiger charge is 2.36. The Bertz CT molecular complexity index is 678. The molecule has 0 spiro atoms. The molecule has 6 nitrogen and oxygen atoms in total. The average Bonchev–Trinajstić information content (AvgIpc) is 3.13. The van der Waals surface area contributed by atoms with E-state index in [9.17, 15) is 5.11 Å². The molecule has 0 radical (unpaired) electrons. The zero-order valence-corrected chi connectivity index (χ0v) is 13.1. The zero-order valence-electron chi connectivity index (χ0n) is 13.1. The lowest BCUT2D eigenvalue weighted by atomic mass is 10.0. The Balaban J connectivity index is 1.56. The van der Waals surface area contributed by atoms with E-state index >= 15 is 0 Å². The van der Waals surface area contributed by atoms with E-state index in [0.29, 0.717) is 25.9 Å². The minimum Gasteiger partial charge on any atom is -0.387 e. The largest absolute Gasteiger partial charge is 0.387 e. The van der Waals surface area contributed by atoms with Crippen LogP contribution in [0.4, 0.5) is 0 Å². The Hall–Kier alpha value is -2.23. The first-order valence-corrected chi connectivity index (χ1v) is 7.91. The van der Waals surface area contributed by atoms with E-state index in [1.165, 1.54) is 5.56 Å². The van der Waals surface area contributed by atoms with Gasteiger partial charge >= 0.3 is 0 Å². The number of nitriles is 1. The van der Waals surface area contributed by atoms with Gasteiger partial charge in [0.2, 0.25) is 0 Å². The van der Waals surface area contributed by atoms with Crippen molar-refractivity contribution in [2.24, 2.45) is 0 Å². The number of aromatic nitrogens is 3. The second kappa shape index (κ2) is 6.90. The lowest BCUT2D eigenvalue weighted by Gasteiger charge is -2.23. The van der Waals surface area contributed by atoms with Crippen LogP contribution in [0, 0.1) is 11.3 Å². The standard InChI is InChI=1S/C17H21N5O/c18-9-4-7-16-12-22(20-19-16)14-17(23)8-10-21(13-17)11-15-5-2-1-3-6-15/h1-3,5-6,12,23H,4,7-8,10-11,13-14H2. The Morgan fingerprint density at radius 1 is 1.30 bits per heavy atom. The van der Waals surface area contributed by atoms with E-state index in [-0.39, 0.29) is 0 Å². The maximum atomic E-state index is 10.8. The predicted octanol–water partition coefficient (Wildman–Crippen LogP) is 1.37. The normalized spacial score (nSPS) is 21.4. The van der Waals surface area contributed by atoms with Gasteiger partial charge in [0.25, 0.3) is 0 Å². The molecular weight excluding hydrogens is 290 g/mol. The third kappa shape index (κ3) is 4.15. The number of aliphatic hydroxyl groups is 1. The average molecular weight is 311 g/mol. The van der Waals surface area contributed by atoms with Gasteiger partial charge in [-0.1, -0.05) is 35.5 Å². The molecule has 120 valence electrons. The summed E-state index contributed by atoms with van der Waals surface area (Å²) in [5.41, 5.74) is 1.29. The number of benzene rings is 1. The fourth-order valence-corrected chi connectivity index (χ4v) is 3.06. The van der Waals surface area contributed by atoms with Crippen molar-refractivity contribution in [3.8, 4) is 6.07 Å². The Labute approximate surface area is 136 Å². The van der Waals surface area contributed by atoms with Gasteiger partial charge in [-0.2, -0.15) is 5.26 Å². The Morgan fingerprint density at radius 2 is 2.13 bits per heavy atom. The van der Waals surface area contributed by atoms with Crippen LogP contribution in [0.25, 0.3) is 0 Å². The summed E-state index contributed by atoms with van der Waals surface area (Å²) >= 11 is 0. The van der Waals surface area contributed by atoms with Crippen LogP contribution in [0.3, 0.4) is 0 Å². The van der Waals surface area contributed by atoms with Gasteiger partial charge in [-0.25, -0.2) is 4.68 Å². The molecule has 1 aromatic heterocycles. The van der Waals surface area contributed by atoms with Gasteiger partial charge in [-0.3, -0.25) is 4.90 Å². The summed E-state index contributed by atoms with van der Waals surface area (Å²) in [5, 5.41) is 27.5. The van der Waals surface area contributed by atoms with Crippen molar-refractivity contribution in [1.29, 1.82) is 5.26 Å². The van der Waals surface area contributed by atoms with Gasteiger partial charge in [0.1, 0.15) is 0 Å². The van der Waals surface area contributed by atoms with E-state index < -0.39 is 5.60 Å². The summed E-state index contributed by atoms with van der Waals surface area (Å²) < 4.78 is 1.69. The molecule has 2 heterocycles. The van der Waals surface area contributed by atoms with Crippen LogP contribution in [-0.4, -0.2) is 43.7 Å². The molecule has 1 aliphatic rings. The fourth-order valence-electron chi connectivity index (χ4n) is 3.06. The summed E-state index contributed by atoms with van der Waals surface area (Å²) in [5.74, 6) is 0. The van der Waals surface area contributed by atoms with E-state index in [0.717, 1.165) is 25.2 Å². The molecule has 1 unspecified atom stereocenters. The number of hydrogen-bond donors (Lipinski definition) is 1. The first-order chi connectivity index (χ1) is 11.2. The second-order valence-electron chi connectivity index (χ2n) is 6.24. The second-order valence-corrected chi connectivity index (χ2v) is 6.24. The molecule has 6 heteroatoms. The van der Waals surface area contributed by atoms with Crippen LogP contribution >= 0.6 is 0 Å². The molecule has 0 saturated carbocycles. The number of likely N-dealkylation sites (tertiary alicyclic amines) is 1. The highest BCUT2D eigenvalue weighted by Crippen LogP contribution is 2.24. The van der Waals surface area contributed by atoms with Crippen molar-refractivity contribution in [1.82, 2.24) is 19.9 Å². The summed E-state index contributed by atoms with van der Waals surface area (Å²) in [6, 6.07) is 12.4. The van der Waals surface area contributed by atoms with E-state index in [1.54, 1.807) is 4.68 Å². The van der Waals surface area contributed by atoms with Crippen molar-refractivity contribution >= 4 is 0 Å². The third-order valence-electron chi connectivity index (χ3n) is 4.20. The number of hydrogen-bond acceptors (Lipinski definition) is 5. The smallest absolute Gasteiger partial charge is 0.0981 e. The predicted molar refractivity (Wildman–Crippen MR) is 85.2 cm³/mol. The number of β-amino-alcohol motifs (C(OH)–C–C–N with tert-alkyl or cyclic N) is 1. The minimum atomic E-state index is -0.769. The van der Waals surface area contributed by atoms with Crippen molar-refractivity contribution in [2.75, 3.05) is 13.1 Å². The highest BCUT2D eigenvalue weighted by atomic mass is 16.3. The number of nitrogens with zero attached hydrogens (tertiary/aromatic N) is 5. The molecule has 1 fully saturated rings. The molecule has 2 aromatic rings. The molecule has 1 aliphatic heterocycles. The molecule has 3 rings (SSSR count). The Morgan fingerprint density at radius 3 is 2.91 bits per heavy atom. The van der Waals surface area contributed by atoms with Crippen molar-refractivity contribution in [3.05, 3.63) is 47.8 Å². The van der Waals surface area contributed by atoms with Crippen LogP contribution in [0.15, 0.2) is 36.5 Å². The van der Waals surface area contributed by atoms with Crippen LogP contribution in [0.2, 0.25) is 0 Å². The summed E-state index contributed by atoms with van der Waals surface area (Å²) in [7, 11) is 0. The molecule has 1 N–H and O–H groups in total. The highest BCUT2D eigenvalue weighted by molar-refractivity contribution is 5.15. The van der Waals surface area contributed by atoms with Crippen LogP contribution in [0.1, 0.15) is 24.1 Å². The maximum Gasteiger partial charge on any atom is 0.0981 e. The van der Waals surface area contributed by atoms with Crippen LogP contribution < -0.4 is 0 Å². The van der Waals surface area contributed by atoms with Crippen molar-refractivity contribution in [3.63, 3.8) is 0 Å². The molecule has 1 aromatic carbocycles. The Kier molecular flexibility index (Phi) is 4.70. The lowest BCUT2D eigenvalue weighted by Crippen LogP contribution is -2.37. The van der Waals surface area contributed by atoms with Gasteiger partial charge in [-0.15, -0.1) is 5.10 Å². The van der Waals surface area contributed by atoms with Crippen molar-refractivity contribution < 1.29 is 5.11 Å². The summed E-state index contributed by atoms with van der Waals surface area (Å²) in [6.07, 6.45) is 3.60. The van der Waals surface area contributed by atoms with E-state index in [4.69, 9.17) is 5.26 Å². The number of aryl methyl sites for hydroxylation is 1. The molecule has 1 atom stereocenters. The quantitative estimate of drug-likeness (QED) is 0.872. The molecule has 0 bridgehead atoms. The molecule has 0 amide bonds. The SMILES string of the molecule is N#CCCc1cn(CC2(O)CCN(Cc3ccccc3)C2)nn1. The van der Waals surface area contributed by atoms with E-state index in [2.05, 4.69) is 33.4 Å². The monoisotopic (exact) mass is 311 g/mol. The minimum absolute atomic E-state index is 0.438. The molecule has 0 aliphatic carbocycles. The number of rotatable bonds is 6. The van der Waals surface area contributed by atoms with Gasteiger partial charge in [0.15, 0.2) is 0 Å². The van der Waals surface area contributed by atoms with Gasteiger partial charge in [0, 0.05) is 38.7 Å². The summed E-state index contributed by atoms with van der Waals surface area (Å²) in [6.45, 7) is 2.81. The molecule has 23 heavy (non-hydrogen) atoms. The topological polar surface area (TPSA) is 78.0 Å². The van der Waals surface area contributed by atoms with Crippen LogP contribution in [0.5, 0.6) is 0 Å². The van der Waals surface area contributed by atoms with E-state index in [1.807, 2.05) is 24.4 Å². The fraction of sp³-hybridized carbons (Fsp3) is 0.471. The van der Waals surface area contributed by atoms with Gasteiger partial charge in [0.05, 0.1) is 23.9 Å². The van der Waals surface area contributed by atoms with Gasteiger partial charge < -0.3 is 5.11 Å². The third-order valence-corrected chi connectivity index (χ3v) is 4.20. The van der Waals surface area contributed by atoms with Gasteiger partial charge in [-0.05, 0) is 12.0 Å². The van der Waals surface area contributed by atoms with Crippen LogP contribution in [-0.2, 0) is 19.5 Å².